The summed E-state index contributed by atoms with van der Waals surface area (Å²) in [6, 6.07) is 21.9. The lowest BCUT2D eigenvalue weighted by Gasteiger charge is -2.30. The van der Waals surface area contributed by atoms with Crippen LogP contribution in [0.4, 0.5) is 10.5 Å². The molecule has 0 radical (unpaired) electrons. The van der Waals surface area contributed by atoms with Gasteiger partial charge in [-0.1, -0.05) is 66.7 Å². The molecule has 1 fully saturated rings. The smallest absolute Gasteiger partial charge is 0.407 e. The van der Waals surface area contributed by atoms with Gasteiger partial charge in [-0.25, -0.2) is 4.79 Å². The van der Waals surface area contributed by atoms with Crippen LogP contribution >= 0.6 is 0 Å². The zero-order valence-electron chi connectivity index (χ0n) is 22.8. The molecule has 0 unspecified atom stereocenters. The predicted molar refractivity (Wildman–Crippen MR) is 151 cm³/mol. The van der Waals surface area contributed by atoms with E-state index in [1.54, 1.807) is 24.3 Å². The Morgan fingerprint density at radius 1 is 0.929 bits per heavy atom. The predicted octanol–water partition coefficient (Wildman–Crippen LogP) is 2.05. The Bertz CT molecular complexity index is 1530. The number of esters is 1. The number of para-hydroxylation sites is 1. The van der Waals surface area contributed by atoms with Crippen molar-refractivity contribution in [2.45, 2.75) is 30.1 Å². The summed E-state index contributed by atoms with van der Waals surface area (Å²) in [6.45, 7) is -0.781. The normalized spacial score (nSPS) is 21.3. The number of rotatable bonds is 7. The number of ether oxygens (including phenoxy) is 2. The molecule has 11 heteroatoms. The van der Waals surface area contributed by atoms with E-state index in [9.17, 15) is 24.3 Å². The van der Waals surface area contributed by atoms with Crippen molar-refractivity contribution in [3.8, 4) is 11.1 Å². The number of carbonyl (C=O) groups excluding carboxylic acids is 4. The van der Waals surface area contributed by atoms with Crippen molar-refractivity contribution in [2.24, 2.45) is 0 Å². The van der Waals surface area contributed by atoms with Crippen molar-refractivity contribution in [2.75, 3.05) is 32.1 Å². The summed E-state index contributed by atoms with van der Waals surface area (Å²) in [4.78, 5) is 52.2. The van der Waals surface area contributed by atoms with Crippen molar-refractivity contribution in [3.05, 3.63) is 89.5 Å². The van der Waals surface area contributed by atoms with Gasteiger partial charge in [0.1, 0.15) is 37.5 Å². The number of anilines is 1. The number of aliphatic hydroxyl groups is 1. The van der Waals surface area contributed by atoms with Crippen LogP contribution in [0.2, 0.25) is 0 Å². The maximum Gasteiger partial charge on any atom is 0.407 e. The third kappa shape index (κ3) is 4.61. The van der Waals surface area contributed by atoms with Crippen molar-refractivity contribution in [1.82, 2.24) is 15.5 Å². The number of alkyl carbamates (subject to hydrolysis) is 1. The zero-order chi connectivity index (χ0) is 29.4. The minimum atomic E-state index is -1.55. The molecule has 0 saturated carbocycles. The lowest BCUT2D eigenvalue weighted by atomic mass is 9.91. The van der Waals surface area contributed by atoms with Gasteiger partial charge < -0.3 is 35.4 Å². The number of nitrogens with zero attached hydrogens (tertiary/aromatic N) is 1. The van der Waals surface area contributed by atoms with Crippen LogP contribution in [0.5, 0.6) is 0 Å². The number of carbonyl (C=O) groups is 4. The fraction of sp³-hybridized carbons (Fsp3) is 0.290. The number of likely N-dealkylation sites (tertiary alicyclic amines) is 1. The Labute approximate surface area is 241 Å². The van der Waals surface area contributed by atoms with E-state index >= 15 is 0 Å². The van der Waals surface area contributed by atoms with Crippen LogP contribution in [0.3, 0.4) is 0 Å². The van der Waals surface area contributed by atoms with Crippen molar-refractivity contribution < 1.29 is 33.8 Å². The van der Waals surface area contributed by atoms with Gasteiger partial charge in [0.05, 0.1) is 7.11 Å². The molecule has 0 spiro atoms. The molecule has 3 atom stereocenters. The van der Waals surface area contributed by atoms with Gasteiger partial charge in [-0.15, -0.1) is 0 Å². The van der Waals surface area contributed by atoms with Crippen LogP contribution in [0.1, 0.15) is 29.0 Å². The molecular weight excluding hydrogens is 540 g/mol. The highest BCUT2D eigenvalue weighted by atomic mass is 16.5. The Balaban J connectivity index is 1.14. The minimum Gasteiger partial charge on any atom is -0.468 e. The number of fused-ring (bicyclic) bond motifs is 6. The highest BCUT2D eigenvalue weighted by Crippen LogP contribution is 2.49. The molecule has 2 heterocycles. The standard InChI is InChI=1S/C31H30N4O7/c1-41-27(37)16-32-28(38)25-14-31(40)23-12-6-7-13-24(23)34-29(31)35(25)26(36)15-33-30(39)42-17-22-20-10-4-2-8-18(20)19-9-3-5-11-21(19)22/h2-13,22,25,29,34,40H,14-17H2,1H3,(H,32,38)(H,33,39)/t25-,29-,31+/m0/s1. The summed E-state index contributed by atoms with van der Waals surface area (Å²) < 4.78 is 10.1. The fourth-order valence-electron chi connectivity index (χ4n) is 6.27. The second-order valence-electron chi connectivity index (χ2n) is 10.5. The summed E-state index contributed by atoms with van der Waals surface area (Å²) in [5, 5.41) is 19.7. The molecule has 3 aromatic rings. The van der Waals surface area contributed by atoms with Gasteiger partial charge in [-0.2, -0.15) is 0 Å². The summed E-state index contributed by atoms with van der Waals surface area (Å²) in [5.74, 6) is -2.03. The van der Waals surface area contributed by atoms with Crippen LogP contribution in [-0.2, 0) is 29.5 Å². The Kier molecular flexibility index (Phi) is 7.03. The van der Waals surface area contributed by atoms with Crippen LogP contribution < -0.4 is 16.0 Å². The molecule has 3 amide bonds. The molecule has 3 aromatic carbocycles. The molecule has 2 aliphatic heterocycles. The third-order valence-corrected chi connectivity index (χ3v) is 8.21. The Morgan fingerprint density at radius 3 is 2.26 bits per heavy atom. The fourth-order valence-corrected chi connectivity index (χ4v) is 6.27. The minimum absolute atomic E-state index is 0.0789. The van der Waals surface area contributed by atoms with Crippen molar-refractivity contribution >= 4 is 29.6 Å². The maximum atomic E-state index is 13.5. The molecule has 216 valence electrons. The van der Waals surface area contributed by atoms with Crippen molar-refractivity contribution in [1.29, 1.82) is 0 Å². The topological polar surface area (TPSA) is 146 Å². The van der Waals surface area contributed by atoms with E-state index in [4.69, 9.17) is 4.74 Å². The van der Waals surface area contributed by atoms with Gasteiger partial charge in [0.2, 0.25) is 11.8 Å². The second kappa shape index (κ2) is 10.8. The highest BCUT2D eigenvalue weighted by molar-refractivity contribution is 5.93. The zero-order valence-corrected chi connectivity index (χ0v) is 22.8. The number of benzene rings is 3. The number of hydrogen-bond acceptors (Lipinski definition) is 8. The molecule has 4 N–H and O–H groups in total. The van der Waals surface area contributed by atoms with Crippen LogP contribution in [0.15, 0.2) is 72.8 Å². The summed E-state index contributed by atoms with van der Waals surface area (Å²) >= 11 is 0. The molecule has 0 aromatic heterocycles. The molecule has 1 saturated heterocycles. The van der Waals surface area contributed by atoms with Gasteiger partial charge in [0, 0.05) is 23.6 Å². The molecular formula is C31H30N4O7. The number of methoxy groups -OCH3 is 1. The molecule has 1 aliphatic carbocycles. The highest BCUT2D eigenvalue weighted by Gasteiger charge is 2.60. The average molecular weight is 571 g/mol. The number of amides is 3. The summed E-state index contributed by atoms with van der Waals surface area (Å²) in [5.41, 5.74) is 3.96. The summed E-state index contributed by atoms with van der Waals surface area (Å²) in [7, 11) is 1.20. The van der Waals surface area contributed by atoms with E-state index < -0.39 is 48.2 Å². The first-order chi connectivity index (χ1) is 20.3. The van der Waals surface area contributed by atoms with E-state index in [1.807, 2.05) is 48.5 Å². The monoisotopic (exact) mass is 570 g/mol. The van der Waals surface area contributed by atoms with Crippen LogP contribution in [-0.4, -0.2) is 72.9 Å². The van der Waals surface area contributed by atoms with E-state index in [2.05, 4.69) is 20.7 Å². The van der Waals surface area contributed by atoms with Crippen molar-refractivity contribution in [3.63, 3.8) is 0 Å². The molecule has 42 heavy (non-hydrogen) atoms. The van der Waals surface area contributed by atoms with E-state index in [0.29, 0.717) is 11.3 Å². The van der Waals surface area contributed by atoms with E-state index in [0.717, 1.165) is 22.3 Å². The van der Waals surface area contributed by atoms with Gasteiger partial charge in [-0.05, 0) is 28.3 Å². The van der Waals surface area contributed by atoms with E-state index in [-0.39, 0.29) is 25.5 Å². The molecule has 11 nitrogen and oxygen atoms in total. The maximum absolute atomic E-state index is 13.5. The second-order valence-corrected chi connectivity index (χ2v) is 10.5. The quantitative estimate of drug-likeness (QED) is 0.316. The first-order valence-corrected chi connectivity index (χ1v) is 13.6. The molecule has 6 rings (SSSR count). The van der Waals surface area contributed by atoms with Crippen LogP contribution in [0, 0.1) is 0 Å². The van der Waals surface area contributed by atoms with Gasteiger partial charge in [0.15, 0.2) is 0 Å². The van der Waals surface area contributed by atoms with E-state index in [1.165, 1.54) is 12.0 Å². The van der Waals surface area contributed by atoms with Gasteiger partial charge in [0.25, 0.3) is 0 Å². The van der Waals surface area contributed by atoms with Gasteiger partial charge >= 0.3 is 12.1 Å². The SMILES string of the molecule is COC(=O)CNC(=O)[C@@H]1C[C@@]2(O)c3ccccc3N[C@H]2N1C(=O)CNC(=O)OCC1c2ccccc2-c2ccccc21. The first-order valence-electron chi connectivity index (χ1n) is 13.6. The Hall–Kier alpha value is -4.90. The third-order valence-electron chi connectivity index (χ3n) is 8.21. The Morgan fingerprint density at radius 2 is 1.57 bits per heavy atom. The summed E-state index contributed by atoms with van der Waals surface area (Å²) in [6.07, 6.45) is -1.85. The number of nitrogens with one attached hydrogen (secondary N) is 3. The largest absolute Gasteiger partial charge is 0.468 e. The average Bonchev–Trinajstić information content (AvgIpc) is 3.60. The molecule has 0 bridgehead atoms. The lowest BCUT2D eigenvalue weighted by Crippen LogP contribution is -2.55. The first kappa shape index (κ1) is 27.3. The lowest BCUT2D eigenvalue weighted by molar-refractivity contribution is -0.143. The van der Waals surface area contributed by atoms with Gasteiger partial charge in [-0.3, -0.25) is 14.4 Å². The number of hydrogen-bond donors (Lipinski definition) is 4. The molecule has 3 aliphatic rings. The van der Waals surface area contributed by atoms with Crippen LogP contribution in [0.25, 0.3) is 11.1 Å².